The highest BCUT2D eigenvalue weighted by Gasteiger charge is 2.33. The van der Waals surface area contributed by atoms with Crippen LogP contribution in [0.2, 0.25) is 0 Å². The molecule has 0 saturated heterocycles. The fourth-order valence-corrected chi connectivity index (χ4v) is 4.24. The predicted octanol–water partition coefficient (Wildman–Crippen LogP) is 4.55. The smallest absolute Gasteiger partial charge is 0.143 e. The minimum absolute atomic E-state index is 0.0691. The zero-order valence-corrected chi connectivity index (χ0v) is 17.0. The number of para-hydroxylation sites is 1. The van der Waals surface area contributed by atoms with Crippen LogP contribution >= 0.6 is 0 Å². The SMILES string of the molecule is CC(C)(O)CCC1COc2ccccc2C1Nc1ncnc2[nH]c(C3CC3)cc12. The van der Waals surface area contributed by atoms with Crippen LogP contribution in [-0.4, -0.2) is 32.3 Å². The summed E-state index contributed by atoms with van der Waals surface area (Å²) in [6, 6.07) is 10.5. The summed E-state index contributed by atoms with van der Waals surface area (Å²) in [5.41, 5.74) is 2.60. The van der Waals surface area contributed by atoms with E-state index in [1.165, 1.54) is 18.5 Å². The summed E-state index contributed by atoms with van der Waals surface area (Å²) >= 11 is 0. The van der Waals surface area contributed by atoms with Crippen LogP contribution in [0.1, 0.15) is 62.7 Å². The van der Waals surface area contributed by atoms with Gasteiger partial charge in [0.2, 0.25) is 0 Å². The maximum absolute atomic E-state index is 10.2. The fourth-order valence-electron chi connectivity index (χ4n) is 4.24. The average molecular weight is 393 g/mol. The number of aromatic amines is 1. The lowest BCUT2D eigenvalue weighted by Gasteiger charge is -2.35. The molecule has 2 atom stereocenters. The first-order valence-corrected chi connectivity index (χ1v) is 10.5. The van der Waals surface area contributed by atoms with Crippen molar-refractivity contribution in [2.45, 2.75) is 57.1 Å². The molecule has 2 aliphatic rings. The van der Waals surface area contributed by atoms with Gasteiger partial charge in [0.05, 0.1) is 23.6 Å². The Labute approximate surface area is 170 Å². The Morgan fingerprint density at radius 3 is 2.86 bits per heavy atom. The molecule has 2 aromatic heterocycles. The number of ether oxygens (including phenoxy) is 1. The first kappa shape index (κ1) is 18.4. The molecular weight excluding hydrogens is 364 g/mol. The number of H-pyrrole nitrogens is 1. The molecule has 1 fully saturated rings. The van der Waals surface area contributed by atoms with Gasteiger partial charge in [0.1, 0.15) is 23.5 Å². The number of nitrogens with zero attached hydrogens (tertiary/aromatic N) is 2. The molecule has 3 N–H and O–H groups in total. The van der Waals surface area contributed by atoms with E-state index < -0.39 is 5.60 Å². The van der Waals surface area contributed by atoms with Crippen LogP contribution in [0.25, 0.3) is 11.0 Å². The molecule has 1 aliphatic heterocycles. The summed E-state index contributed by atoms with van der Waals surface area (Å²) in [7, 11) is 0. The van der Waals surface area contributed by atoms with Crippen LogP contribution in [0.3, 0.4) is 0 Å². The van der Waals surface area contributed by atoms with Crippen molar-refractivity contribution >= 4 is 16.9 Å². The van der Waals surface area contributed by atoms with Crippen LogP contribution < -0.4 is 10.1 Å². The molecule has 6 nitrogen and oxygen atoms in total. The Morgan fingerprint density at radius 1 is 1.24 bits per heavy atom. The van der Waals surface area contributed by atoms with Crippen LogP contribution in [0.5, 0.6) is 5.75 Å². The molecule has 2 unspecified atom stereocenters. The summed E-state index contributed by atoms with van der Waals surface area (Å²) in [4.78, 5) is 12.5. The maximum atomic E-state index is 10.2. The topological polar surface area (TPSA) is 83.1 Å². The van der Waals surface area contributed by atoms with Crippen molar-refractivity contribution in [1.29, 1.82) is 0 Å². The van der Waals surface area contributed by atoms with Gasteiger partial charge in [-0.15, -0.1) is 0 Å². The summed E-state index contributed by atoms with van der Waals surface area (Å²) in [5.74, 6) is 2.65. The zero-order valence-electron chi connectivity index (χ0n) is 17.0. The molecule has 0 bridgehead atoms. The standard InChI is InChI=1S/C23H28N4O2/c1-23(2,28)10-9-15-12-29-19-6-4-3-5-16(19)20(15)27-22-17-11-18(14-7-8-14)26-21(17)24-13-25-22/h3-6,11,13-15,20,28H,7-10,12H2,1-2H3,(H2,24,25,26,27). The molecule has 5 rings (SSSR count). The summed E-state index contributed by atoms with van der Waals surface area (Å²) in [6.45, 7) is 4.35. The molecule has 0 radical (unpaired) electrons. The fraction of sp³-hybridized carbons (Fsp3) is 0.478. The van der Waals surface area contributed by atoms with Crippen molar-refractivity contribution < 1.29 is 9.84 Å². The van der Waals surface area contributed by atoms with E-state index in [9.17, 15) is 5.11 Å². The lowest BCUT2D eigenvalue weighted by molar-refractivity contribution is 0.0566. The van der Waals surface area contributed by atoms with Crippen LogP contribution in [0.4, 0.5) is 5.82 Å². The summed E-state index contributed by atoms with van der Waals surface area (Å²) < 4.78 is 6.04. The number of rotatable bonds is 6. The highest BCUT2D eigenvalue weighted by atomic mass is 16.5. The molecule has 0 spiro atoms. The number of benzene rings is 1. The van der Waals surface area contributed by atoms with Crippen molar-refractivity contribution in [3.8, 4) is 5.75 Å². The molecule has 29 heavy (non-hydrogen) atoms. The third-order valence-corrected chi connectivity index (χ3v) is 6.06. The van der Waals surface area contributed by atoms with E-state index in [0.717, 1.165) is 41.0 Å². The number of hydrogen-bond donors (Lipinski definition) is 3. The number of hydrogen-bond acceptors (Lipinski definition) is 5. The highest BCUT2D eigenvalue weighted by Crippen LogP contribution is 2.43. The molecule has 3 aromatic rings. The van der Waals surface area contributed by atoms with Crippen molar-refractivity contribution in [3.63, 3.8) is 0 Å². The maximum Gasteiger partial charge on any atom is 0.143 e. The van der Waals surface area contributed by atoms with Crippen molar-refractivity contribution in [3.05, 3.63) is 47.9 Å². The third-order valence-electron chi connectivity index (χ3n) is 6.06. The molecule has 6 heteroatoms. The second kappa shape index (κ2) is 7.02. The van der Waals surface area contributed by atoms with Gasteiger partial charge in [-0.25, -0.2) is 9.97 Å². The van der Waals surface area contributed by atoms with Gasteiger partial charge in [-0.3, -0.25) is 0 Å². The molecule has 3 heterocycles. The number of aromatic nitrogens is 3. The van der Waals surface area contributed by atoms with Gasteiger partial charge in [0.25, 0.3) is 0 Å². The lowest BCUT2D eigenvalue weighted by Crippen LogP contribution is -2.33. The minimum atomic E-state index is -0.691. The lowest BCUT2D eigenvalue weighted by atomic mass is 9.85. The predicted molar refractivity (Wildman–Crippen MR) is 113 cm³/mol. The second-order valence-corrected chi connectivity index (χ2v) is 9.07. The average Bonchev–Trinajstić information content (AvgIpc) is 3.45. The van der Waals surface area contributed by atoms with Gasteiger partial charge < -0.3 is 20.1 Å². The van der Waals surface area contributed by atoms with E-state index in [-0.39, 0.29) is 12.0 Å². The number of aliphatic hydroxyl groups is 1. The van der Waals surface area contributed by atoms with Crippen LogP contribution in [0, 0.1) is 5.92 Å². The molecule has 1 saturated carbocycles. The third kappa shape index (κ3) is 3.81. The van der Waals surface area contributed by atoms with Crippen molar-refractivity contribution in [1.82, 2.24) is 15.0 Å². The Morgan fingerprint density at radius 2 is 2.07 bits per heavy atom. The highest BCUT2D eigenvalue weighted by molar-refractivity contribution is 5.88. The van der Waals surface area contributed by atoms with Crippen LogP contribution in [0.15, 0.2) is 36.7 Å². The van der Waals surface area contributed by atoms with E-state index in [1.807, 2.05) is 32.0 Å². The molecule has 1 aliphatic carbocycles. The molecule has 0 amide bonds. The monoisotopic (exact) mass is 392 g/mol. The summed E-state index contributed by atoms with van der Waals surface area (Å²) in [6.07, 6.45) is 5.69. The quantitative estimate of drug-likeness (QED) is 0.573. The normalized spacial score (nSPS) is 21.6. The van der Waals surface area contributed by atoms with E-state index in [2.05, 4.69) is 32.4 Å². The molecule has 1 aromatic carbocycles. The largest absolute Gasteiger partial charge is 0.493 e. The van der Waals surface area contributed by atoms with Gasteiger partial charge in [-0.2, -0.15) is 0 Å². The first-order valence-electron chi connectivity index (χ1n) is 10.5. The van der Waals surface area contributed by atoms with Crippen molar-refractivity contribution in [2.24, 2.45) is 5.92 Å². The van der Waals surface area contributed by atoms with Gasteiger partial charge >= 0.3 is 0 Å². The summed E-state index contributed by atoms with van der Waals surface area (Å²) in [5, 5.41) is 15.0. The van der Waals surface area contributed by atoms with Crippen LogP contribution in [-0.2, 0) is 0 Å². The Balaban J connectivity index is 1.48. The minimum Gasteiger partial charge on any atom is -0.493 e. The zero-order chi connectivity index (χ0) is 20.0. The van der Waals surface area contributed by atoms with E-state index in [0.29, 0.717) is 12.5 Å². The van der Waals surface area contributed by atoms with Gasteiger partial charge in [-0.05, 0) is 57.6 Å². The molecular formula is C23H28N4O2. The Hall–Kier alpha value is -2.60. The molecule has 152 valence electrons. The van der Waals surface area contributed by atoms with Gasteiger partial charge in [0.15, 0.2) is 0 Å². The first-order chi connectivity index (χ1) is 14.0. The van der Waals surface area contributed by atoms with Gasteiger partial charge in [-0.1, -0.05) is 18.2 Å². The number of fused-ring (bicyclic) bond motifs is 2. The second-order valence-electron chi connectivity index (χ2n) is 9.07. The Bertz CT molecular complexity index is 1020. The van der Waals surface area contributed by atoms with E-state index in [4.69, 9.17) is 4.74 Å². The van der Waals surface area contributed by atoms with E-state index >= 15 is 0 Å². The van der Waals surface area contributed by atoms with Crippen molar-refractivity contribution in [2.75, 3.05) is 11.9 Å². The van der Waals surface area contributed by atoms with E-state index in [1.54, 1.807) is 6.33 Å². The number of anilines is 1. The van der Waals surface area contributed by atoms with Gasteiger partial charge in [0, 0.05) is 17.2 Å². The Kier molecular flexibility index (Phi) is 4.46. The number of nitrogens with one attached hydrogen (secondary N) is 2.